The van der Waals surface area contributed by atoms with Crippen molar-refractivity contribution in [1.29, 1.82) is 0 Å². The van der Waals surface area contributed by atoms with Crippen molar-refractivity contribution < 1.29 is 5.11 Å². The van der Waals surface area contributed by atoms with Crippen LogP contribution in [0.3, 0.4) is 0 Å². The van der Waals surface area contributed by atoms with Crippen molar-refractivity contribution in [3.63, 3.8) is 0 Å². The second-order valence-corrected chi connectivity index (χ2v) is 10.1. The van der Waals surface area contributed by atoms with E-state index < -0.39 is 0 Å². The summed E-state index contributed by atoms with van der Waals surface area (Å²) in [6.07, 6.45) is 24.4. The van der Waals surface area contributed by atoms with Crippen LogP contribution in [0.1, 0.15) is 135 Å². The summed E-state index contributed by atoms with van der Waals surface area (Å²) in [5.41, 5.74) is 1.98. The molecule has 0 aromatic heterocycles. The van der Waals surface area contributed by atoms with Gasteiger partial charge in [-0.25, -0.2) is 0 Å². The highest BCUT2D eigenvalue weighted by Gasteiger charge is 2.09. The number of aryl methyl sites for hydroxylation is 2. The first-order valence-corrected chi connectivity index (χ1v) is 14.2. The lowest BCUT2D eigenvalue weighted by Crippen LogP contribution is -1.90. The molecular weight excluding hydrogens is 384 g/mol. The van der Waals surface area contributed by atoms with Crippen LogP contribution < -0.4 is 0 Å². The molecule has 0 N–H and O–H groups in total. The zero-order valence-corrected chi connectivity index (χ0v) is 21.2. The first-order valence-electron chi connectivity index (χ1n) is 13.2. The third kappa shape index (κ3) is 12.9. The maximum absolute atomic E-state index is 12.2. The molecule has 0 bridgehead atoms. The van der Waals surface area contributed by atoms with Gasteiger partial charge in [0, 0.05) is 16.0 Å². The largest absolute Gasteiger partial charge is 0.289 e. The van der Waals surface area contributed by atoms with E-state index >= 15 is 0 Å². The molecular formula is C28H49OS. The van der Waals surface area contributed by atoms with Gasteiger partial charge in [0.15, 0.2) is 5.75 Å². The molecule has 0 spiro atoms. The van der Waals surface area contributed by atoms with E-state index in [1.807, 2.05) is 11.8 Å². The van der Waals surface area contributed by atoms with Crippen LogP contribution in [-0.2, 0) is 17.9 Å². The van der Waals surface area contributed by atoms with Gasteiger partial charge in [0.1, 0.15) is 0 Å². The monoisotopic (exact) mass is 433 g/mol. The summed E-state index contributed by atoms with van der Waals surface area (Å²) in [7, 11) is 0. The van der Waals surface area contributed by atoms with E-state index in [1.165, 1.54) is 113 Å². The molecule has 0 aliphatic rings. The number of thioether (sulfide) groups is 1. The van der Waals surface area contributed by atoms with E-state index in [0.717, 1.165) is 24.0 Å². The maximum atomic E-state index is 12.2. The van der Waals surface area contributed by atoms with Gasteiger partial charge in [-0.3, -0.25) is 5.11 Å². The highest BCUT2D eigenvalue weighted by Crippen LogP contribution is 2.31. The third-order valence-corrected chi connectivity index (χ3v) is 7.31. The van der Waals surface area contributed by atoms with E-state index in [2.05, 4.69) is 32.9 Å². The van der Waals surface area contributed by atoms with Crippen LogP contribution in [-0.4, -0.2) is 5.75 Å². The topological polar surface area (TPSA) is 19.9 Å². The highest BCUT2D eigenvalue weighted by atomic mass is 32.2. The smallest absolute Gasteiger partial charge is 0.185 e. The lowest BCUT2D eigenvalue weighted by molar-refractivity contribution is 0.345. The molecule has 2 heteroatoms. The zero-order valence-electron chi connectivity index (χ0n) is 20.4. The van der Waals surface area contributed by atoms with Crippen LogP contribution in [0.25, 0.3) is 0 Å². The number of unbranched alkanes of at least 4 members (excludes halogenated alkanes) is 15. The summed E-state index contributed by atoms with van der Waals surface area (Å²) in [4.78, 5) is 1.30. The van der Waals surface area contributed by atoms with Crippen molar-refractivity contribution in [3.8, 4) is 5.75 Å². The van der Waals surface area contributed by atoms with Crippen LogP contribution in [0.2, 0.25) is 0 Å². The Hall–Kier alpha value is -0.630. The van der Waals surface area contributed by atoms with Gasteiger partial charge in [-0.15, -0.1) is 11.8 Å². The summed E-state index contributed by atoms with van der Waals surface area (Å²) in [6, 6.07) is 4.25. The fourth-order valence-corrected chi connectivity index (χ4v) is 5.21. The first kappa shape index (κ1) is 27.4. The second kappa shape index (κ2) is 19.1. The van der Waals surface area contributed by atoms with Crippen molar-refractivity contribution >= 4 is 11.8 Å². The standard InChI is InChI=1S/C28H49OS/c1-4-7-8-9-10-11-12-13-14-15-16-17-18-19-20-21-22-30-27-23-25(5-2)28(29)26(6-3)24-27/h23-24H,4-22H2,1-3H3. The minimum atomic E-state index is 0.270. The average Bonchev–Trinajstić information content (AvgIpc) is 2.76. The lowest BCUT2D eigenvalue weighted by atomic mass is 10.0. The van der Waals surface area contributed by atoms with E-state index in [1.54, 1.807) is 0 Å². The first-order chi connectivity index (χ1) is 14.7. The molecule has 1 radical (unpaired) electrons. The van der Waals surface area contributed by atoms with Gasteiger partial charge < -0.3 is 0 Å². The quantitative estimate of drug-likeness (QED) is 0.148. The molecule has 0 saturated heterocycles. The van der Waals surface area contributed by atoms with Crippen LogP contribution in [0.5, 0.6) is 5.75 Å². The molecule has 0 aliphatic carbocycles. The van der Waals surface area contributed by atoms with Crippen molar-refractivity contribution in [3.05, 3.63) is 23.3 Å². The van der Waals surface area contributed by atoms with Crippen LogP contribution >= 0.6 is 11.8 Å². The van der Waals surface area contributed by atoms with Crippen LogP contribution in [0.4, 0.5) is 0 Å². The van der Waals surface area contributed by atoms with Gasteiger partial charge >= 0.3 is 0 Å². The molecule has 1 nitrogen and oxygen atoms in total. The van der Waals surface area contributed by atoms with E-state index in [-0.39, 0.29) is 5.75 Å². The van der Waals surface area contributed by atoms with Gasteiger partial charge in [-0.2, -0.15) is 0 Å². The molecule has 0 saturated carbocycles. The molecule has 30 heavy (non-hydrogen) atoms. The molecule has 0 fully saturated rings. The second-order valence-electron chi connectivity index (χ2n) is 8.93. The molecule has 1 aromatic carbocycles. The minimum absolute atomic E-state index is 0.270. The molecule has 0 amide bonds. The molecule has 1 aromatic rings. The number of rotatable bonds is 20. The predicted octanol–water partition coefficient (Wildman–Crippen LogP) is 10.3. The molecule has 173 valence electrons. The average molecular weight is 434 g/mol. The predicted molar refractivity (Wildman–Crippen MR) is 136 cm³/mol. The zero-order chi connectivity index (χ0) is 21.9. The van der Waals surface area contributed by atoms with E-state index in [0.29, 0.717) is 0 Å². The molecule has 0 heterocycles. The Morgan fingerprint density at radius 3 is 1.30 bits per heavy atom. The Labute approximate surface area is 192 Å². The van der Waals surface area contributed by atoms with Crippen molar-refractivity contribution in [2.45, 2.75) is 141 Å². The Kier molecular flexibility index (Phi) is 17.4. The van der Waals surface area contributed by atoms with Crippen molar-refractivity contribution in [2.24, 2.45) is 0 Å². The summed E-state index contributed by atoms with van der Waals surface area (Å²) in [6.45, 7) is 6.46. The van der Waals surface area contributed by atoms with Crippen LogP contribution in [0.15, 0.2) is 17.0 Å². The summed E-state index contributed by atoms with van der Waals surface area (Å²) in [5.74, 6) is 1.45. The van der Waals surface area contributed by atoms with E-state index in [4.69, 9.17) is 0 Å². The van der Waals surface area contributed by atoms with E-state index in [9.17, 15) is 5.11 Å². The number of benzene rings is 1. The Morgan fingerprint density at radius 2 is 0.933 bits per heavy atom. The lowest BCUT2D eigenvalue weighted by Gasteiger charge is -2.09. The Balaban J connectivity index is 1.91. The van der Waals surface area contributed by atoms with Crippen molar-refractivity contribution in [1.82, 2.24) is 0 Å². The third-order valence-electron chi connectivity index (χ3n) is 6.24. The highest BCUT2D eigenvalue weighted by molar-refractivity contribution is 7.99. The van der Waals surface area contributed by atoms with Gasteiger partial charge in [0.2, 0.25) is 0 Å². The minimum Gasteiger partial charge on any atom is -0.289 e. The van der Waals surface area contributed by atoms with Gasteiger partial charge in [-0.05, 0) is 37.1 Å². The van der Waals surface area contributed by atoms with Gasteiger partial charge in [0.25, 0.3) is 0 Å². The normalized spacial score (nSPS) is 11.3. The van der Waals surface area contributed by atoms with Gasteiger partial charge in [0.05, 0.1) is 0 Å². The van der Waals surface area contributed by atoms with Crippen molar-refractivity contribution in [2.75, 3.05) is 5.75 Å². The van der Waals surface area contributed by atoms with Crippen LogP contribution in [0, 0.1) is 0 Å². The fraction of sp³-hybridized carbons (Fsp3) is 0.786. The number of hydrogen-bond acceptors (Lipinski definition) is 1. The summed E-state index contributed by atoms with van der Waals surface area (Å²) >= 11 is 1.94. The Bertz CT molecular complexity index is 500. The fourth-order valence-electron chi connectivity index (χ4n) is 4.17. The molecule has 0 atom stereocenters. The maximum Gasteiger partial charge on any atom is 0.185 e. The summed E-state index contributed by atoms with van der Waals surface area (Å²) in [5, 5.41) is 12.2. The molecule has 0 aliphatic heterocycles. The van der Waals surface area contributed by atoms with Gasteiger partial charge in [-0.1, -0.05) is 117 Å². The molecule has 0 unspecified atom stereocenters. The Morgan fingerprint density at radius 1 is 0.567 bits per heavy atom. The summed E-state index contributed by atoms with van der Waals surface area (Å²) < 4.78 is 0. The number of hydrogen-bond donors (Lipinski definition) is 0. The molecule has 1 rings (SSSR count). The SMILES string of the molecule is CCCCCCCCCCCCCCCCCCSc1cc(CC)c([O])c(CC)c1.